The van der Waals surface area contributed by atoms with Crippen molar-refractivity contribution < 1.29 is 9.90 Å². The average molecular weight is 262 g/mol. The smallest absolute Gasteiger partial charge is 0.335 e. The van der Waals surface area contributed by atoms with Gasteiger partial charge in [0.25, 0.3) is 0 Å². The molecule has 19 heavy (non-hydrogen) atoms. The van der Waals surface area contributed by atoms with Crippen LogP contribution >= 0.6 is 0 Å². The summed E-state index contributed by atoms with van der Waals surface area (Å²) >= 11 is 0. The number of carboxylic acids is 1. The van der Waals surface area contributed by atoms with Crippen molar-refractivity contribution in [2.75, 3.05) is 11.9 Å². The highest BCUT2D eigenvalue weighted by Gasteiger charge is 2.44. The van der Waals surface area contributed by atoms with Crippen molar-refractivity contribution in [2.24, 2.45) is 11.3 Å². The van der Waals surface area contributed by atoms with Crippen LogP contribution in [-0.4, -0.2) is 22.6 Å². The lowest BCUT2D eigenvalue weighted by Crippen LogP contribution is -2.21. The number of hydrogen-bond acceptors (Lipinski definition) is 3. The molecule has 1 heterocycles. The Morgan fingerprint density at radius 3 is 2.63 bits per heavy atom. The van der Waals surface area contributed by atoms with Gasteiger partial charge in [0.15, 0.2) is 0 Å². The number of carbonyl (C=O) groups is 1. The largest absolute Gasteiger partial charge is 0.478 e. The zero-order valence-corrected chi connectivity index (χ0v) is 11.9. The van der Waals surface area contributed by atoms with E-state index >= 15 is 0 Å². The summed E-state index contributed by atoms with van der Waals surface area (Å²) in [7, 11) is 0. The zero-order valence-electron chi connectivity index (χ0n) is 11.9. The van der Waals surface area contributed by atoms with Gasteiger partial charge in [-0.2, -0.15) is 0 Å². The predicted molar refractivity (Wildman–Crippen MR) is 75.6 cm³/mol. The van der Waals surface area contributed by atoms with Crippen molar-refractivity contribution in [3.8, 4) is 0 Å². The molecule has 1 aromatic heterocycles. The van der Waals surface area contributed by atoms with E-state index in [1.807, 2.05) is 6.92 Å². The zero-order chi connectivity index (χ0) is 14.0. The fourth-order valence-electron chi connectivity index (χ4n) is 2.37. The molecule has 0 atom stereocenters. The maximum absolute atomic E-state index is 11.1. The van der Waals surface area contributed by atoms with Crippen LogP contribution in [0, 0.1) is 11.3 Å². The monoisotopic (exact) mass is 262 g/mol. The highest BCUT2D eigenvalue weighted by molar-refractivity contribution is 5.88. The third kappa shape index (κ3) is 3.06. The molecule has 1 aliphatic rings. The second-order valence-corrected chi connectivity index (χ2v) is 5.76. The molecule has 1 fully saturated rings. The molecule has 0 radical (unpaired) electrons. The molecule has 1 aliphatic carbocycles. The van der Waals surface area contributed by atoms with Crippen LogP contribution in [0.25, 0.3) is 0 Å². The number of pyridine rings is 1. The van der Waals surface area contributed by atoms with Crippen LogP contribution < -0.4 is 5.32 Å². The molecular formula is C15H22N2O2. The molecule has 4 nitrogen and oxygen atoms in total. The van der Waals surface area contributed by atoms with Gasteiger partial charge < -0.3 is 10.4 Å². The van der Waals surface area contributed by atoms with Crippen molar-refractivity contribution in [1.29, 1.82) is 0 Å². The second-order valence-electron chi connectivity index (χ2n) is 5.76. The van der Waals surface area contributed by atoms with E-state index in [0.29, 0.717) is 22.7 Å². The Morgan fingerprint density at radius 1 is 1.47 bits per heavy atom. The van der Waals surface area contributed by atoms with Gasteiger partial charge in [0.2, 0.25) is 0 Å². The summed E-state index contributed by atoms with van der Waals surface area (Å²) in [6.07, 6.45) is 3.24. The Balaban J connectivity index is 2.11. The number of aromatic nitrogens is 1. The van der Waals surface area contributed by atoms with E-state index in [1.165, 1.54) is 12.8 Å². The highest BCUT2D eigenvalue weighted by Crippen LogP contribution is 2.51. The summed E-state index contributed by atoms with van der Waals surface area (Å²) in [6, 6.07) is 3.26. The van der Waals surface area contributed by atoms with E-state index in [4.69, 9.17) is 5.11 Å². The minimum Gasteiger partial charge on any atom is -0.478 e. The number of aryl methyl sites for hydroxylation is 1. The fraction of sp³-hybridized carbons (Fsp3) is 0.600. The standard InChI is InChI=1S/C15H22N2O2/c1-4-12-7-11(14(18)19)8-13(17-12)16-9-15(5-6-15)10(2)3/h7-8,10H,4-6,9H2,1-3H3,(H,16,17)(H,18,19). The van der Waals surface area contributed by atoms with Gasteiger partial charge in [0, 0.05) is 12.2 Å². The van der Waals surface area contributed by atoms with Crippen LogP contribution in [0.1, 0.15) is 49.7 Å². The lowest BCUT2D eigenvalue weighted by molar-refractivity contribution is 0.0696. The van der Waals surface area contributed by atoms with Crippen LogP contribution in [0.3, 0.4) is 0 Å². The van der Waals surface area contributed by atoms with Crippen LogP contribution in [0.5, 0.6) is 0 Å². The summed E-state index contributed by atoms with van der Waals surface area (Å²) in [5.74, 6) is 0.433. The Bertz CT molecular complexity index is 479. The first-order valence-electron chi connectivity index (χ1n) is 6.95. The Labute approximate surface area is 114 Å². The maximum Gasteiger partial charge on any atom is 0.335 e. The molecule has 2 rings (SSSR count). The van der Waals surface area contributed by atoms with Gasteiger partial charge in [-0.1, -0.05) is 20.8 Å². The summed E-state index contributed by atoms with van der Waals surface area (Å²) in [6.45, 7) is 7.35. The third-order valence-corrected chi connectivity index (χ3v) is 4.23. The van der Waals surface area contributed by atoms with E-state index < -0.39 is 5.97 Å². The lowest BCUT2D eigenvalue weighted by Gasteiger charge is -2.20. The van der Waals surface area contributed by atoms with Crippen molar-refractivity contribution >= 4 is 11.8 Å². The van der Waals surface area contributed by atoms with Crippen LogP contribution in [-0.2, 0) is 6.42 Å². The Kier molecular flexibility index (Phi) is 3.78. The summed E-state index contributed by atoms with van der Waals surface area (Å²) < 4.78 is 0. The number of nitrogens with zero attached hydrogens (tertiary/aromatic N) is 1. The molecule has 1 aromatic rings. The van der Waals surface area contributed by atoms with Crippen LogP contribution in [0.4, 0.5) is 5.82 Å². The van der Waals surface area contributed by atoms with E-state index in [0.717, 1.165) is 18.7 Å². The molecule has 2 N–H and O–H groups in total. The summed E-state index contributed by atoms with van der Waals surface area (Å²) in [4.78, 5) is 15.5. The molecule has 0 amide bonds. The van der Waals surface area contributed by atoms with E-state index in [1.54, 1.807) is 12.1 Å². The van der Waals surface area contributed by atoms with Crippen molar-refractivity contribution in [2.45, 2.75) is 40.0 Å². The quantitative estimate of drug-likeness (QED) is 0.826. The van der Waals surface area contributed by atoms with Gasteiger partial charge in [-0.3, -0.25) is 0 Å². The highest BCUT2D eigenvalue weighted by atomic mass is 16.4. The number of rotatable bonds is 6. The molecule has 0 unspecified atom stereocenters. The number of anilines is 1. The Hall–Kier alpha value is -1.58. The molecule has 1 saturated carbocycles. The number of hydrogen-bond donors (Lipinski definition) is 2. The summed E-state index contributed by atoms with van der Waals surface area (Å²) in [5.41, 5.74) is 1.51. The van der Waals surface area contributed by atoms with E-state index in [-0.39, 0.29) is 0 Å². The normalized spacial score (nSPS) is 16.4. The van der Waals surface area contributed by atoms with Crippen LogP contribution in [0.2, 0.25) is 0 Å². The van der Waals surface area contributed by atoms with E-state index in [9.17, 15) is 4.79 Å². The molecule has 0 bridgehead atoms. The fourth-order valence-corrected chi connectivity index (χ4v) is 2.37. The van der Waals surface area contributed by atoms with Crippen molar-refractivity contribution in [3.05, 3.63) is 23.4 Å². The van der Waals surface area contributed by atoms with E-state index in [2.05, 4.69) is 24.1 Å². The number of aromatic carboxylic acids is 1. The maximum atomic E-state index is 11.1. The lowest BCUT2D eigenvalue weighted by atomic mass is 9.92. The summed E-state index contributed by atoms with van der Waals surface area (Å²) in [5, 5.41) is 12.4. The number of nitrogens with one attached hydrogen (secondary N) is 1. The first-order chi connectivity index (χ1) is 8.97. The molecule has 0 saturated heterocycles. The average Bonchev–Trinajstić information content (AvgIpc) is 3.17. The molecule has 4 heteroatoms. The first kappa shape index (κ1) is 13.8. The van der Waals surface area contributed by atoms with Crippen molar-refractivity contribution in [3.63, 3.8) is 0 Å². The molecule has 0 aliphatic heterocycles. The SMILES string of the molecule is CCc1cc(C(=O)O)cc(NCC2(C(C)C)CC2)n1. The van der Waals surface area contributed by atoms with Gasteiger partial charge in [0.1, 0.15) is 5.82 Å². The Morgan fingerprint density at radius 2 is 2.16 bits per heavy atom. The topological polar surface area (TPSA) is 62.2 Å². The molecule has 0 aromatic carbocycles. The first-order valence-corrected chi connectivity index (χ1v) is 6.95. The minimum atomic E-state index is -0.898. The van der Waals surface area contributed by atoms with Crippen molar-refractivity contribution in [1.82, 2.24) is 4.98 Å². The third-order valence-electron chi connectivity index (χ3n) is 4.23. The predicted octanol–water partition coefficient (Wildman–Crippen LogP) is 3.19. The molecular weight excluding hydrogens is 240 g/mol. The van der Waals surface area contributed by atoms with Gasteiger partial charge >= 0.3 is 5.97 Å². The second kappa shape index (κ2) is 5.19. The van der Waals surface area contributed by atoms with Gasteiger partial charge in [-0.25, -0.2) is 9.78 Å². The number of carboxylic acid groups (broad SMARTS) is 1. The minimum absolute atomic E-state index is 0.309. The van der Waals surface area contributed by atoms with Gasteiger partial charge in [-0.15, -0.1) is 0 Å². The van der Waals surface area contributed by atoms with Crippen LogP contribution in [0.15, 0.2) is 12.1 Å². The molecule has 104 valence electrons. The van der Waals surface area contributed by atoms with Gasteiger partial charge in [-0.05, 0) is 42.7 Å². The molecule has 0 spiro atoms. The van der Waals surface area contributed by atoms with Gasteiger partial charge in [0.05, 0.1) is 5.56 Å².